The lowest BCUT2D eigenvalue weighted by Gasteiger charge is -2.24. The zero-order valence-corrected chi connectivity index (χ0v) is 20.5. The molecule has 3 rings (SSSR count). The number of hydrogen-bond donors (Lipinski definition) is 4. The van der Waals surface area contributed by atoms with Crippen molar-refractivity contribution < 1.29 is 42.1 Å². The summed E-state index contributed by atoms with van der Waals surface area (Å²) in [6, 6.07) is 5.01. The van der Waals surface area contributed by atoms with Gasteiger partial charge in [-0.1, -0.05) is 31.2 Å². The Morgan fingerprint density at radius 2 is 1.84 bits per heavy atom. The molecule has 0 saturated carbocycles. The second-order valence-corrected chi connectivity index (χ2v) is 9.14. The molecule has 4 N–H and O–H groups in total. The lowest BCUT2D eigenvalue weighted by atomic mass is 9.81. The van der Waals surface area contributed by atoms with Gasteiger partial charge in [0.1, 0.15) is 5.82 Å². The lowest BCUT2D eigenvalue weighted by molar-refractivity contribution is -0.192. The summed E-state index contributed by atoms with van der Waals surface area (Å²) < 4.78 is 52.3. The Labute approximate surface area is 210 Å². The Morgan fingerprint density at radius 1 is 1.19 bits per heavy atom. The van der Waals surface area contributed by atoms with Gasteiger partial charge in [0.05, 0.1) is 18.6 Å². The quantitative estimate of drug-likeness (QED) is 0.337. The SMILES string of the molecule is CC(C)C[C@H](C(=O)O)[C@H](Cc1ccc(COC2CCNCC2)c(F)c1)c1nn[nH]n1.O=C(O)C(F)(F)F. The molecule has 0 aliphatic carbocycles. The number of tetrazole rings is 1. The van der Waals surface area contributed by atoms with Crippen molar-refractivity contribution in [2.24, 2.45) is 11.8 Å². The van der Waals surface area contributed by atoms with Crippen molar-refractivity contribution in [1.29, 1.82) is 0 Å². The molecule has 0 unspecified atom stereocenters. The maximum atomic E-state index is 14.7. The second kappa shape index (κ2) is 14.0. The number of alkyl halides is 3. The number of aromatic nitrogens is 4. The van der Waals surface area contributed by atoms with Crippen molar-refractivity contribution in [2.45, 2.75) is 64.3 Å². The van der Waals surface area contributed by atoms with Crippen LogP contribution in [0.2, 0.25) is 0 Å². The standard InChI is InChI=1S/C21H30FN5O3.C2HF3O2/c1-13(2)9-18(21(28)29)17(20-24-26-27-25-20)10-14-3-4-15(19(22)11-14)12-30-16-5-7-23-8-6-16;3-2(4,5)1(6)7/h3-4,11,13,16-18,23H,5-10,12H2,1-2H3,(H,28,29)(H,24,25,26,27);(H,6,7)/t17-,18-;/m0./s1. The van der Waals surface area contributed by atoms with Gasteiger partial charge in [-0.15, -0.1) is 10.2 Å². The first-order valence-corrected chi connectivity index (χ1v) is 11.7. The highest BCUT2D eigenvalue weighted by Crippen LogP contribution is 2.31. The summed E-state index contributed by atoms with van der Waals surface area (Å²) in [5.41, 5.74) is 1.20. The van der Waals surface area contributed by atoms with Crippen LogP contribution in [-0.4, -0.2) is 68.1 Å². The fourth-order valence-corrected chi connectivity index (χ4v) is 3.94. The average molecular weight is 534 g/mol. The summed E-state index contributed by atoms with van der Waals surface area (Å²) in [6.07, 6.45) is -2.29. The van der Waals surface area contributed by atoms with E-state index >= 15 is 0 Å². The van der Waals surface area contributed by atoms with Gasteiger partial charge in [0, 0.05) is 11.5 Å². The Bertz CT molecular complexity index is 998. The number of aliphatic carboxylic acids is 2. The fourth-order valence-electron chi connectivity index (χ4n) is 3.94. The minimum Gasteiger partial charge on any atom is -0.481 e. The fraction of sp³-hybridized carbons (Fsp3) is 0.609. The molecule has 14 heteroatoms. The third-order valence-corrected chi connectivity index (χ3v) is 5.80. The van der Waals surface area contributed by atoms with E-state index in [0.29, 0.717) is 29.8 Å². The minimum absolute atomic E-state index is 0.153. The minimum atomic E-state index is -5.08. The highest BCUT2D eigenvalue weighted by atomic mass is 19.4. The zero-order chi connectivity index (χ0) is 27.6. The predicted molar refractivity (Wildman–Crippen MR) is 122 cm³/mol. The third kappa shape index (κ3) is 10.0. The van der Waals surface area contributed by atoms with Crippen LogP contribution in [0.3, 0.4) is 0 Å². The third-order valence-electron chi connectivity index (χ3n) is 5.80. The van der Waals surface area contributed by atoms with Crippen molar-refractivity contribution in [2.75, 3.05) is 13.1 Å². The largest absolute Gasteiger partial charge is 0.490 e. The van der Waals surface area contributed by atoms with Crippen LogP contribution in [0.4, 0.5) is 17.6 Å². The van der Waals surface area contributed by atoms with Gasteiger partial charge >= 0.3 is 18.1 Å². The Hall–Kier alpha value is -3.13. The molecule has 37 heavy (non-hydrogen) atoms. The van der Waals surface area contributed by atoms with Gasteiger partial charge < -0.3 is 20.3 Å². The topological polar surface area (TPSA) is 150 Å². The first-order valence-electron chi connectivity index (χ1n) is 11.7. The van der Waals surface area contributed by atoms with Crippen LogP contribution in [0.5, 0.6) is 0 Å². The number of aromatic amines is 1. The number of nitrogens with one attached hydrogen (secondary N) is 2. The van der Waals surface area contributed by atoms with Crippen LogP contribution in [0, 0.1) is 17.7 Å². The molecule has 1 aliphatic rings. The molecule has 2 atom stereocenters. The number of halogens is 4. The second-order valence-electron chi connectivity index (χ2n) is 9.14. The Balaban J connectivity index is 0.000000604. The van der Waals surface area contributed by atoms with Crippen LogP contribution in [0.25, 0.3) is 0 Å². The molecule has 0 bridgehead atoms. The monoisotopic (exact) mass is 533 g/mol. The molecule has 2 aromatic rings. The number of carboxylic acid groups (broad SMARTS) is 2. The molecule has 0 amide bonds. The molecule has 1 saturated heterocycles. The maximum absolute atomic E-state index is 14.7. The summed E-state index contributed by atoms with van der Waals surface area (Å²) in [4.78, 5) is 20.8. The molecule has 1 aromatic heterocycles. The number of nitrogens with zero attached hydrogens (tertiary/aromatic N) is 3. The summed E-state index contributed by atoms with van der Waals surface area (Å²) in [5.74, 6) is -4.68. The van der Waals surface area contributed by atoms with Crippen LogP contribution < -0.4 is 5.32 Å². The van der Waals surface area contributed by atoms with E-state index in [4.69, 9.17) is 14.6 Å². The van der Waals surface area contributed by atoms with E-state index in [1.165, 1.54) is 6.07 Å². The number of carboxylic acids is 2. The van der Waals surface area contributed by atoms with E-state index in [0.717, 1.165) is 25.9 Å². The van der Waals surface area contributed by atoms with Crippen LogP contribution in [-0.2, 0) is 27.4 Å². The van der Waals surface area contributed by atoms with Crippen molar-refractivity contribution in [1.82, 2.24) is 25.9 Å². The van der Waals surface area contributed by atoms with E-state index in [-0.39, 0.29) is 24.4 Å². The predicted octanol–water partition coefficient (Wildman–Crippen LogP) is 3.31. The molecule has 10 nitrogen and oxygen atoms in total. The molecular weight excluding hydrogens is 502 g/mol. The van der Waals surface area contributed by atoms with E-state index in [9.17, 15) is 27.5 Å². The highest BCUT2D eigenvalue weighted by Gasteiger charge is 2.38. The van der Waals surface area contributed by atoms with Crippen LogP contribution in [0.1, 0.15) is 56.0 Å². The van der Waals surface area contributed by atoms with Gasteiger partial charge in [0.15, 0.2) is 5.82 Å². The number of carbonyl (C=O) groups is 2. The number of H-pyrrole nitrogens is 1. The number of ether oxygens (including phenoxy) is 1. The number of rotatable bonds is 10. The molecule has 2 heterocycles. The summed E-state index contributed by atoms with van der Waals surface area (Å²) in [6.45, 7) is 6.02. The molecule has 0 spiro atoms. The molecule has 1 aliphatic heterocycles. The molecule has 0 radical (unpaired) electrons. The first kappa shape index (κ1) is 30.1. The van der Waals surface area contributed by atoms with Gasteiger partial charge in [-0.3, -0.25) is 4.79 Å². The summed E-state index contributed by atoms with van der Waals surface area (Å²) in [5, 5.41) is 34.2. The van der Waals surface area contributed by atoms with Crippen molar-refractivity contribution >= 4 is 11.9 Å². The highest BCUT2D eigenvalue weighted by molar-refractivity contribution is 5.73. The van der Waals surface area contributed by atoms with Crippen molar-refractivity contribution in [3.05, 3.63) is 41.0 Å². The zero-order valence-electron chi connectivity index (χ0n) is 20.5. The summed E-state index contributed by atoms with van der Waals surface area (Å²) >= 11 is 0. The maximum Gasteiger partial charge on any atom is 0.490 e. The number of piperidine rings is 1. The Morgan fingerprint density at radius 3 is 2.32 bits per heavy atom. The lowest BCUT2D eigenvalue weighted by Crippen LogP contribution is -2.32. The molecular formula is C23H31F4N5O5. The van der Waals surface area contributed by atoms with Gasteiger partial charge in [-0.05, 0) is 56.3 Å². The molecule has 1 aromatic carbocycles. The van der Waals surface area contributed by atoms with Crippen LogP contribution in [0.15, 0.2) is 18.2 Å². The number of hydrogen-bond acceptors (Lipinski definition) is 7. The van der Waals surface area contributed by atoms with Gasteiger partial charge in [0.2, 0.25) is 0 Å². The average Bonchev–Trinajstić information content (AvgIpc) is 3.35. The van der Waals surface area contributed by atoms with Crippen LogP contribution >= 0.6 is 0 Å². The number of benzene rings is 1. The Kier molecular flexibility index (Phi) is 11.4. The molecule has 206 valence electrons. The van der Waals surface area contributed by atoms with Crippen molar-refractivity contribution in [3.8, 4) is 0 Å². The van der Waals surface area contributed by atoms with Crippen molar-refractivity contribution in [3.63, 3.8) is 0 Å². The van der Waals surface area contributed by atoms with Gasteiger partial charge in [-0.25, -0.2) is 9.18 Å². The van der Waals surface area contributed by atoms with E-state index < -0.39 is 30.0 Å². The summed E-state index contributed by atoms with van der Waals surface area (Å²) in [7, 11) is 0. The van der Waals surface area contributed by atoms with E-state index in [1.807, 2.05) is 19.9 Å². The van der Waals surface area contributed by atoms with E-state index in [1.54, 1.807) is 6.07 Å². The van der Waals surface area contributed by atoms with Gasteiger partial charge in [-0.2, -0.15) is 18.4 Å². The van der Waals surface area contributed by atoms with Gasteiger partial charge in [0.25, 0.3) is 0 Å². The smallest absolute Gasteiger partial charge is 0.481 e. The van der Waals surface area contributed by atoms with E-state index in [2.05, 4.69) is 25.9 Å². The normalized spacial score (nSPS) is 16.1. The molecule has 1 fully saturated rings. The first-order chi connectivity index (χ1) is 17.4.